The molecule has 2 fully saturated rings. The summed E-state index contributed by atoms with van der Waals surface area (Å²) in [5, 5.41) is 3.04. The maximum absolute atomic E-state index is 12.3. The van der Waals surface area contributed by atoms with Crippen molar-refractivity contribution in [1.29, 1.82) is 0 Å². The zero-order valence-corrected chi connectivity index (χ0v) is 25.1. The van der Waals surface area contributed by atoms with Crippen LogP contribution in [0.5, 0.6) is 0 Å². The summed E-state index contributed by atoms with van der Waals surface area (Å²) < 4.78 is 5.48. The number of rotatable bonds is 8. The van der Waals surface area contributed by atoms with Gasteiger partial charge in [0.15, 0.2) is 0 Å². The molecule has 0 radical (unpaired) electrons. The second-order valence-electron chi connectivity index (χ2n) is 12.0. The van der Waals surface area contributed by atoms with Gasteiger partial charge in [0, 0.05) is 48.3 Å². The Morgan fingerprint density at radius 2 is 1.47 bits per heavy atom. The van der Waals surface area contributed by atoms with Gasteiger partial charge in [0.1, 0.15) is 5.82 Å². The number of nitrogens with two attached hydrogens (primary N) is 1. The lowest BCUT2D eigenvalue weighted by molar-refractivity contribution is -0.116. The SMILES string of the molecule is CC(C)CC(=O)Nc1ccc([C@@H]2CCC(c3ccc(N)cc3)N2c2ccc(-c3ccc(N4CCOCC4)nc3)cc2)cc1. The number of nitrogens with one attached hydrogen (secondary N) is 1. The highest BCUT2D eigenvalue weighted by Gasteiger charge is 2.35. The monoisotopic (exact) mass is 575 g/mol. The summed E-state index contributed by atoms with van der Waals surface area (Å²) in [6.07, 6.45) is 4.56. The fraction of sp³-hybridized carbons (Fsp3) is 0.333. The van der Waals surface area contributed by atoms with E-state index in [1.165, 1.54) is 16.8 Å². The molecule has 3 N–H and O–H groups in total. The third-order valence-electron chi connectivity index (χ3n) is 8.46. The summed E-state index contributed by atoms with van der Waals surface area (Å²) in [5.74, 6) is 1.38. The van der Waals surface area contributed by atoms with Crippen LogP contribution in [0.4, 0.5) is 22.9 Å². The second kappa shape index (κ2) is 12.9. The Morgan fingerprint density at radius 3 is 2.05 bits per heavy atom. The minimum absolute atomic E-state index is 0.0553. The standard InChI is InChI=1S/C36H41N5O2/c1-25(2)23-36(42)39-31-12-5-28(6-13-31)34-17-16-33(27-3-10-30(37)11-4-27)41(34)32-14-7-26(8-15-32)29-9-18-35(38-24-29)40-19-21-43-22-20-40/h3-15,18,24-25,33-34H,16-17,19-23,37H2,1-2H3,(H,39,42)/t33?,34-/m0/s1. The number of aromatic nitrogens is 1. The maximum atomic E-state index is 12.3. The van der Waals surface area contributed by atoms with Crippen molar-refractivity contribution in [3.05, 3.63) is 102 Å². The van der Waals surface area contributed by atoms with Crippen LogP contribution in [0.1, 0.15) is 56.3 Å². The molecule has 0 aliphatic carbocycles. The summed E-state index contributed by atoms with van der Waals surface area (Å²) in [4.78, 5) is 21.9. The first kappa shape index (κ1) is 28.7. The molecule has 4 aromatic rings. The number of carbonyl (C=O) groups excluding carboxylic acids is 1. The van der Waals surface area contributed by atoms with Crippen LogP contribution in [0.15, 0.2) is 91.1 Å². The summed E-state index contributed by atoms with van der Waals surface area (Å²) in [6, 6.07) is 30.2. The Labute approximate surface area is 254 Å². The number of anilines is 4. The van der Waals surface area contributed by atoms with Crippen molar-refractivity contribution in [2.75, 3.05) is 47.2 Å². The largest absolute Gasteiger partial charge is 0.399 e. The predicted octanol–water partition coefficient (Wildman–Crippen LogP) is 7.23. The highest BCUT2D eigenvalue weighted by Crippen LogP contribution is 2.47. The Hall–Kier alpha value is -4.36. The van der Waals surface area contributed by atoms with Crippen LogP contribution >= 0.6 is 0 Å². The number of nitrogens with zero attached hydrogens (tertiary/aromatic N) is 3. The van der Waals surface area contributed by atoms with Gasteiger partial charge in [-0.25, -0.2) is 4.98 Å². The zero-order valence-electron chi connectivity index (χ0n) is 25.1. The van der Waals surface area contributed by atoms with Gasteiger partial charge in [-0.15, -0.1) is 0 Å². The third-order valence-corrected chi connectivity index (χ3v) is 8.46. The van der Waals surface area contributed by atoms with Crippen molar-refractivity contribution >= 4 is 28.8 Å². The van der Waals surface area contributed by atoms with E-state index in [9.17, 15) is 4.79 Å². The molecule has 3 heterocycles. The van der Waals surface area contributed by atoms with Crippen LogP contribution in [-0.2, 0) is 9.53 Å². The zero-order chi connectivity index (χ0) is 29.8. The lowest BCUT2D eigenvalue weighted by Crippen LogP contribution is -2.36. The maximum Gasteiger partial charge on any atom is 0.224 e. The Balaban J connectivity index is 1.25. The van der Waals surface area contributed by atoms with Crippen molar-refractivity contribution in [3.63, 3.8) is 0 Å². The van der Waals surface area contributed by atoms with Crippen LogP contribution in [0.2, 0.25) is 0 Å². The number of nitrogen functional groups attached to an aromatic ring is 1. The van der Waals surface area contributed by atoms with Gasteiger partial charge in [-0.3, -0.25) is 4.79 Å². The van der Waals surface area contributed by atoms with Crippen molar-refractivity contribution in [1.82, 2.24) is 4.98 Å². The molecule has 7 heteroatoms. The average Bonchev–Trinajstić information content (AvgIpc) is 3.47. The lowest BCUT2D eigenvalue weighted by atomic mass is 10.0. The van der Waals surface area contributed by atoms with Crippen LogP contribution in [-0.4, -0.2) is 37.2 Å². The number of ether oxygens (including phenoxy) is 1. The number of pyridine rings is 1. The van der Waals surface area contributed by atoms with Gasteiger partial charge >= 0.3 is 0 Å². The van der Waals surface area contributed by atoms with Crippen molar-refractivity contribution in [2.45, 2.75) is 45.2 Å². The molecule has 3 aromatic carbocycles. The molecule has 1 unspecified atom stereocenters. The van der Waals surface area contributed by atoms with Crippen LogP contribution in [0.3, 0.4) is 0 Å². The van der Waals surface area contributed by atoms with Gasteiger partial charge in [-0.2, -0.15) is 0 Å². The van der Waals surface area contributed by atoms with Gasteiger partial charge in [-0.05, 0) is 84.0 Å². The molecule has 2 aliphatic rings. The van der Waals surface area contributed by atoms with E-state index in [2.05, 4.69) is 89.6 Å². The fourth-order valence-electron chi connectivity index (χ4n) is 6.28. The highest BCUT2D eigenvalue weighted by molar-refractivity contribution is 5.90. The third kappa shape index (κ3) is 6.67. The predicted molar refractivity (Wildman–Crippen MR) is 175 cm³/mol. The number of hydrogen-bond acceptors (Lipinski definition) is 6. The summed E-state index contributed by atoms with van der Waals surface area (Å²) in [5.41, 5.74) is 13.6. The molecule has 6 rings (SSSR count). The van der Waals surface area contributed by atoms with Gasteiger partial charge in [-0.1, -0.05) is 50.2 Å². The van der Waals surface area contributed by atoms with E-state index >= 15 is 0 Å². The molecule has 2 aliphatic heterocycles. The summed E-state index contributed by atoms with van der Waals surface area (Å²) in [6.45, 7) is 7.37. The van der Waals surface area contributed by atoms with E-state index in [-0.39, 0.29) is 18.0 Å². The smallest absolute Gasteiger partial charge is 0.224 e. The number of amides is 1. The minimum Gasteiger partial charge on any atom is -0.399 e. The van der Waals surface area contributed by atoms with E-state index in [1.807, 2.05) is 30.5 Å². The number of benzene rings is 3. The Kier molecular flexibility index (Phi) is 8.61. The average molecular weight is 576 g/mol. The molecule has 43 heavy (non-hydrogen) atoms. The van der Waals surface area contributed by atoms with Crippen LogP contribution < -0.4 is 20.9 Å². The molecule has 0 bridgehead atoms. The number of carbonyl (C=O) groups is 1. The van der Waals surface area contributed by atoms with Gasteiger partial charge in [0.05, 0.1) is 25.3 Å². The molecule has 2 saturated heterocycles. The molecule has 1 aromatic heterocycles. The quantitative estimate of drug-likeness (QED) is 0.216. The van der Waals surface area contributed by atoms with E-state index in [1.54, 1.807) is 0 Å². The number of hydrogen-bond donors (Lipinski definition) is 2. The fourth-order valence-corrected chi connectivity index (χ4v) is 6.28. The molecule has 0 spiro atoms. The molecule has 0 saturated carbocycles. The van der Waals surface area contributed by atoms with Gasteiger partial charge in [0.2, 0.25) is 5.91 Å². The lowest BCUT2D eigenvalue weighted by Gasteiger charge is -2.33. The van der Waals surface area contributed by atoms with Crippen LogP contribution in [0.25, 0.3) is 11.1 Å². The van der Waals surface area contributed by atoms with Crippen molar-refractivity contribution in [2.24, 2.45) is 5.92 Å². The first-order chi connectivity index (χ1) is 20.9. The first-order valence-corrected chi connectivity index (χ1v) is 15.4. The molecular formula is C36H41N5O2. The number of morpholine rings is 1. The topological polar surface area (TPSA) is 83.7 Å². The van der Waals surface area contributed by atoms with E-state index in [0.29, 0.717) is 12.3 Å². The van der Waals surface area contributed by atoms with E-state index in [4.69, 9.17) is 15.5 Å². The highest BCUT2D eigenvalue weighted by atomic mass is 16.5. The summed E-state index contributed by atoms with van der Waals surface area (Å²) in [7, 11) is 0. The molecule has 1 amide bonds. The Morgan fingerprint density at radius 1 is 0.860 bits per heavy atom. The molecule has 222 valence electrons. The van der Waals surface area contributed by atoms with Gasteiger partial charge < -0.3 is 25.6 Å². The van der Waals surface area contributed by atoms with E-state index in [0.717, 1.165) is 67.5 Å². The first-order valence-electron chi connectivity index (χ1n) is 15.4. The molecule has 7 nitrogen and oxygen atoms in total. The van der Waals surface area contributed by atoms with Crippen molar-refractivity contribution in [3.8, 4) is 11.1 Å². The normalized spacial score (nSPS) is 18.7. The van der Waals surface area contributed by atoms with Gasteiger partial charge in [0.25, 0.3) is 0 Å². The second-order valence-corrected chi connectivity index (χ2v) is 12.0. The minimum atomic E-state index is 0.0553. The molecular weight excluding hydrogens is 534 g/mol. The Bertz CT molecular complexity index is 1500. The van der Waals surface area contributed by atoms with Crippen molar-refractivity contribution < 1.29 is 9.53 Å². The summed E-state index contributed by atoms with van der Waals surface area (Å²) >= 11 is 0. The van der Waals surface area contributed by atoms with E-state index < -0.39 is 0 Å². The van der Waals surface area contributed by atoms with Crippen LogP contribution in [0, 0.1) is 5.92 Å². The molecule has 2 atom stereocenters.